The van der Waals surface area contributed by atoms with Crippen molar-refractivity contribution in [3.05, 3.63) is 95.0 Å². The number of ether oxygens (including phenoxy) is 2. The summed E-state index contributed by atoms with van der Waals surface area (Å²) in [6.07, 6.45) is 7.11. The number of aromatic nitrogens is 2. The number of carbonyl (C=O) groups excluding carboxylic acids is 2. The zero-order valence-electron chi connectivity index (χ0n) is 25.7. The number of benzene rings is 1. The van der Waals surface area contributed by atoms with E-state index in [1.165, 1.54) is 24.5 Å². The van der Waals surface area contributed by atoms with E-state index in [2.05, 4.69) is 33.9 Å². The monoisotopic (exact) mass is 594 g/mol. The number of anilines is 1. The Morgan fingerprint density at radius 1 is 1.14 bits per heavy atom. The molecular formula is C35H40N5O4+. The van der Waals surface area contributed by atoms with E-state index in [4.69, 9.17) is 14.5 Å². The molecule has 3 aliphatic rings. The van der Waals surface area contributed by atoms with Crippen LogP contribution in [-0.2, 0) is 9.53 Å². The second-order valence-electron chi connectivity index (χ2n) is 12.1. The first-order valence-electron chi connectivity index (χ1n) is 15.4. The van der Waals surface area contributed by atoms with Crippen molar-refractivity contribution in [3.8, 4) is 5.75 Å². The zero-order valence-corrected chi connectivity index (χ0v) is 25.7. The largest absolute Gasteiger partial charge is 0.482 e. The molecular weight excluding hydrogens is 554 g/mol. The SMILES string of the molecule is C=CC(=O)[N+]1=C(C)CN(C[C@@H](Oc2cc(C)c(C(=O)Nc3ncccc3C)cc2C2COC2)c2ccc(C3CC3)cn2)CC1. The molecule has 1 aliphatic carbocycles. The van der Waals surface area contributed by atoms with Gasteiger partial charge in [-0.15, -0.1) is 0 Å². The van der Waals surface area contributed by atoms with Crippen LogP contribution in [0.2, 0.25) is 0 Å². The number of carbonyl (C=O) groups is 2. The summed E-state index contributed by atoms with van der Waals surface area (Å²) in [5, 5.41) is 2.97. The first kappa shape index (κ1) is 29.8. The van der Waals surface area contributed by atoms with Crippen molar-refractivity contribution in [2.24, 2.45) is 0 Å². The molecule has 4 heterocycles. The maximum Gasteiger partial charge on any atom is 0.411 e. The topological polar surface area (TPSA) is 96.7 Å². The third-order valence-corrected chi connectivity index (χ3v) is 8.80. The summed E-state index contributed by atoms with van der Waals surface area (Å²) in [5.41, 5.74) is 6.36. The maximum absolute atomic E-state index is 13.4. The minimum absolute atomic E-state index is 0.0718. The van der Waals surface area contributed by atoms with Crippen LogP contribution in [0, 0.1) is 13.8 Å². The predicted octanol–water partition coefficient (Wildman–Crippen LogP) is 4.96. The molecule has 0 spiro atoms. The molecule has 1 aromatic carbocycles. The number of aryl methyl sites for hydroxylation is 2. The van der Waals surface area contributed by atoms with Gasteiger partial charge in [0.05, 0.1) is 32.0 Å². The first-order valence-corrected chi connectivity index (χ1v) is 15.4. The smallest absolute Gasteiger partial charge is 0.411 e. The summed E-state index contributed by atoms with van der Waals surface area (Å²) in [4.78, 5) is 37.3. The minimum atomic E-state index is -0.354. The Balaban J connectivity index is 1.30. The molecule has 1 N–H and O–H groups in total. The van der Waals surface area contributed by atoms with Crippen molar-refractivity contribution in [2.75, 3.05) is 44.7 Å². The third-order valence-electron chi connectivity index (χ3n) is 8.80. The van der Waals surface area contributed by atoms with Crippen LogP contribution in [0.4, 0.5) is 5.82 Å². The van der Waals surface area contributed by atoms with Crippen molar-refractivity contribution in [2.45, 2.75) is 51.6 Å². The van der Waals surface area contributed by atoms with Crippen LogP contribution >= 0.6 is 0 Å². The van der Waals surface area contributed by atoms with Gasteiger partial charge in [-0.05, 0) is 73.6 Å². The van der Waals surface area contributed by atoms with E-state index in [9.17, 15) is 9.59 Å². The lowest BCUT2D eigenvalue weighted by atomic mass is 9.92. The van der Waals surface area contributed by atoms with Crippen LogP contribution in [0.25, 0.3) is 0 Å². The molecule has 0 bridgehead atoms. The van der Waals surface area contributed by atoms with Gasteiger partial charge in [0, 0.05) is 49.0 Å². The van der Waals surface area contributed by atoms with Gasteiger partial charge < -0.3 is 14.8 Å². The standard InChI is InChI=1S/C35H39N5O4/c1-5-33(41)40-14-13-39(18-24(40)4)19-32(30-11-10-26(17-37-30)25-8-9-25)44-31-15-23(3)28(16-29(31)27-20-43-21-27)35(42)38-34-22(2)7-6-12-36-34/h5-7,10-12,15-17,25,27,32H,1,8-9,13-14,18-21H2,2-4H3/p+1/t32-/m1/s1. The van der Waals surface area contributed by atoms with Gasteiger partial charge in [0.1, 0.15) is 11.6 Å². The molecule has 6 rings (SSSR count). The number of rotatable bonds is 10. The Kier molecular flexibility index (Phi) is 8.68. The molecule has 3 aromatic rings. The van der Waals surface area contributed by atoms with Crippen molar-refractivity contribution >= 4 is 23.3 Å². The highest BCUT2D eigenvalue weighted by Gasteiger charge is 2.32. The van der Waals surface area contributed by atoms with Crippen molar-refractivity contribution in [1.82, 2.24) is 14.9 Å². The molecule has 9 nitrogen and oxygen atoms in total. The normalized spacial score (nSPS) is 18.0. The number of hydrogen-bond donors (Lipinski definition) is 1. The van der Waals surface area contributed by atoms with E-state index < -0.39 is 0 Å². The highest BCUT2D eigenvalue weighted by atomic mass is 16.5. The van der Waals surface area contributed by atoms with Gasteiger partial charge in [-0.25, -0.2) is 9.78 Å². The Morgan fingerprint density at radius 3 is 2.59 bits per heavy atom. The van der Waals surface area contributed by atoms with Crippen molar-refractivity contribution in [1.29, 1.82) is 0 Å². The predicted molar refractivity (Wildman–Crippen MR) is 169 cm³/mol. The number of nitrogens with zero attached hydrogens (tertiary/aromatic N) is 4. The highest BCUT2D eigenvalue weighted by molar-refractivity contribution is 6.05. The molecule has 2 aromatic heterocycles. The van der Waals surface area contributed by atoms with Crippen molar-refractivity contribution in [3.63, 3.8) is 0 Å². The summed E-state index contributed by atoms with van der Waals surface area (Å²) in [6.45, 7) is 13.2. The summed E-state index contributed by atoms with van der Waals surface area (Å²) >= 11 is 0. The highest BCUT2D eigenvalue weighted by Crippen LogP contribution is 2.40. The fraction of sp³-hybridized carbons (Fsp3) is 0.400. The summed E-state index contributed by atoms with van der Waals surface area (Å²) < 4.78 is 14.2. The van der Waals surface area contributed by atoms with Gasteiger partial charge >= 0.3 is 5.91 Å². The van der Waals surface area contributed by atoms with Gasteiger partial charge in [-0.2, -0.15) is 4.58 Å². The van der Waals surface area contributed by atoms with Crippen LogP contribution < -0.4 is 10.1 Å². The van der Waals surface area contributed by atoms with E-state index in [1.807, 2.05) is 51.2 Å². The number of pyridine rings is 2. The number of nitrogens with one attached hydrogen (secondary N) is 1. The average molecular weight is 595 g/mol. The van der Waals surface area contributed by atoms with Crippen LogP contribution in [0.15, 0.2) is 61.4 Å². The molecule has 1 saturated heterocycles. The van der Waals surface area contributed by atoms with E-state index in [1.54, 1.807) is 10.8 Å². The summed E-state index contributed by atoms with van der Waals surface area (Å²) in [7, 11) is 0. The number of hydrogen-bond acceptors (Lipinski definition) is 7. The van der Waals surface area contributed by atoms with Crippen molar-refractivity contribution < 1.29 is 23.6 Å². The van der Waals surface area contributed by atoms with Gasteiger partial charge in [-0.1, -0.05) is 18.7 Å². The Morgan fingerprint density at radius 2 is 1.95 bits per heavy atom. The molecule has 1 saturated carbocycles. The van der Waals surface area contributed by atoms with E-state index in [0.29, 0.717) is 56.7 Å². The van der Waals surface area contributed by atoms with Crippen LogP contribution in [-0.4, -0.2) is 76.4 Å². The molecule has 2 amide bonds. The maximum atomic E-state index is 13.4. The van der Waals surface area contributed by atoms with Crippen LogP contribution in [0.5, 0.6) is 5.75 Å². The van der Waals surface area contributed by atoms with Gasteiger partial charge in [-0.3, -0.25) is 14.7 Å². The Labute approximate surface area is 258 Å². The van der Waals surface area contributed by atoms with Gasteiger partial charge in [0.2, 0.25) is 0 Å². The summed E-state index contributed by atoms with van der Waals surface area (Å²) in [5.74, 6) is 1.75. The fourth-order valence-corrected chi connectivity index (χ4v) is 5.90. The lowest BCUT2D eigenvalue weighted by Gasteiger charge is -2.32. The fourth-order valence-electron chi connectivity index (χ4n) is 5.90. The minimum Gasteiger partial charge on any atom is -0.482 e. The molecule has 9 heteroatoms. The second-order valence-corrected chi connectivity index (χ2v) is 12.1. The quantitative estimate of drug-likeness (QED) is 0.262. The van der Waals surface area contributed by atoms with E-state index in [-0.39, 0.29) is 23.8 Å². The lowest BCUT2D eigenvalue weighted by molar-refractivity contribution is -0.451. The molecule has 0 unspecified atom stereocenters. The van der Waals surface area contributed by atoms with Crippen LogP contribution in [0.3, 0.4) is 0 Å². The summed E-state index contributed by atoms with van der Waals surface area (Å²) in [6, 6.07) is 11.9. The second kappa shape index (κ2) is 12.8. The average Bonchev–Trinajstić information content (AvgIpc) is 3.84. The van der Waals surface area contributed by atoms with E-state index >= 15 is 0 Å². The van der Waals surface area contributed by atoms with Gasteiger partial charge in [0.25, 0.3) is 5.91 Å². The number of amides is 2. The zero-order chi connectivity index (χ0) is 30.8. The first-order chi connectivity index (χ1) is 21.3. The molecule has 1 atom stereocenters. The molecule has 2 aliphatic heterocycles. The van der Waals surface area contributed by atoms with E-state index in [0.717, 1.165) is 33.8 Å². The molecule has 44 heavy (non-hydrogen) atoms. The lowest BCUT2D eigenvalue weighted by Crippen LogP contribution is -2.47. The van der Waals surface area contributed by atoms with Gasteiger partial charge in [0.15, 0.2) is 18.4 Å². The van der Waals surface area contributed by atoms with Crippen LogP contribution in [0.1, 0.15) is 76.0 Å². The molecule has 0 radical (unpaired) electrons. The Hall–Kier alpha value is -4.21. The molecule has 228 valence electrons. The third kappa shape index (κ3) is 6.49. The Bertz CT molecular complexity index is 1610. The molecule has 2 fully saturated rings.